The normalized spacial score (nSPS) is 53.4. The van der Waals surface area contributed by atoms with Crippen LogP contribution in [0.3, 0.4) is 0 Å². The van der Waals surface area contributed by atoms with Crippen LogP contribution in [0.5, 0.6) is 0 Å². The predicted molar refractivity (Wildman–Crippen MR) is 192 cm³/mol. The molecule has 0 radical (unpaired) electrons. The van der Waals surface area contributed by atoms with E-state index in [0.717, 1.165) is 64.2 Å². The van der Waals surface area contributed by atoms with Crippen LogP contribution in [0.1, 0.15) is 119 Å². The van der Waals surface area contributed by atoms with E-state index in [1.54, 1.807) is 0 Å². The Kier molecular flexibility index (Phi) is 9.37. The van der Waals surface area contributed by atoms with Gasteiger partial charge in [-0.3, -0.25) is 4.79 Å². The first-order chi connectivity index (χ1) is 24.6. The topological polar surface area (TPSA) is 109 Å². The highest BCUT2D eigenvalue weighted by Gasteiger charge is 2.59. The van der Waals surface area contributed by atoms with Crippen LogP contribution in [0.25, 0.3) is 0 Å². The molecule has 9 aliphatic rings. The number of fused-ring (bicyclic) bond motifs is 8. The molecule has 0 amide bonds. The summed E-state index contributed by atoms with van der Waals surface area (Å²) in [4.78, 5) is 12.1. The first-order valence-electron chi connectivity index (χ1n) is 20.7. The molecule has 11 nitrogen and oxygen atoms in total. The third-order valence-electron chi connectivity index (χ3n) is 15.0. The summed E-state index contributed by atoms with van der Waals surface area (Å²) < 4.78 is 67.5. The Morgan fingerprint density at radius 1 is 0.615 bits per heavy atom. The molecular weight excluding hydrogens is 685 g/mol. The maximum absolute atomic E-state index is 12.1. The molecule has 9 fully saturated rings. The van der Waals surface area contributed by atoms with Crippen LogP contribution in [0.4, 0.5) is 0 Å². The molecule has 9 saturated heterocycles. The molecule has 9 rings (SSSR count). The van der Waals surface area contributed by atoms with E-state index in [0.29, 0.717) is 12.8 Å². The Hall–Kier alpha value is -0.673. The second kappa shape index (κ2) is 13.2. The van der Waals surface area contributed by atoms with Crippen molar-refractivity contribution in [2.45, 2.75) is 246 Å². The molecule has 294 valence electrons. The summed E-state index contributed by atoms with van der Waals surface area (Å²) in [5.74, 6) is -0.122. The fraction of sp³-hybridized carbons (Fsp3) is 0.975. The molecule has 12 heteroatoms. The lowest BCUT2D eigenvalue weighted by molar-refractivity contribution is -0.325. The number of hydrogen-bond donors (Lipinski definition) is 0. The highest BCUT2D eigenvalue weighted by molar-refractivity contribution is 6.74. The smallest absolute Gasteiger partial charge is 0.306 e. The Balaban J connectivity index is 0.837. The van der Waals surface area contributed by atoms with Gasteiger partial charge in [-0.25, -0.2) is 0 Å². The van der Waals surface area contributed by atoms with Gasteiger partial charge in [-0.05, 0) is 71.0 Å². The molecule has 0 aromatic carbocycles. The second-order valence-corrected chi connectivity index (χ2v) is 24.5. The number of ether oxygens (including phenoxy) is 9. The van der Waals surface area contributed by atoms with E-state index in [4.69, 9.17) is 47.1 Å². The number of esters is 1. The zero-order chi connectivity index (χ0) is 36.4. The molecule has 0 bridgehead atoms. The maximum Gasteiger partial charge on any atom is 0.306 e. The summed E-state index contributed by atoms with van der Waals surface area (Å²) >= 11 is 0. The van der Waals surface area contributed by atoms with E-state index in [1.807, 2.05) is 0 Å². The van der Waals surface area contributed by atoms with Crippen molar-refractivity contribution in [1.82, 2.24) is 0 Å². The predicted octanol–water partition coefficient (Wildman–Crippen LogP) is 5.92. The molecule has 0 saturated carbocycles. The van der Waals surface area contributed by atoms with E-state index in [2.05, 4.69) is 54.6 Å². The molecule has 0 aliphatic carbocycles. The van der Waals surface area contributed by atoms with Gasteiger partial charge in [0, 0.05) is 44.9 Å². The van der Waals surface area contributed by atoms with Gasteiger partial charge in [0.05, 0.1) is 97.2 Å². The zero-order valence-corrected chi connectivity index (χ0v) is 33.7. The van der Waals surface area contributed by atoms with Crippen LogP contribution in [0, 0.1) is 0 Å². The summed E-state index contributed by atoms with van der Waals surface area (Å²) in [5.41, 5.74) is -0.947. The summed E-state index contributed by atoms with van der Waals surface area (Å²) in [6.45, 7) is 18.0. The van der Waals surface area contributed by atoms with Crippen molar-refractivity contribution >= 4 is 14.3 Å². The number of carbonyl (C=O) groups is 1. The average Bonchev–Trinajstić information content (AvgIpc) is 3.29. The summed E-state index contributed by atoms with van der Waals surface area (Å²) in [6, 6.07) is 0. The average molecular weight is 749 g/mol. The Morgan fingerprint density at radius 3 is 1.75 bits per heavy atom. The van der Waals surface area contributed by atoms with Crippen molar-refractivity contribution in [2.24, 2.45) is 0 Å². The van der Waals surface area contributed by atoms with Gasteiger partial charge in [0.15, 0.2) is 8.32 Å². The van der Waals surface area contributed by atoms with Crippen molar-refractivity contribution in [3.63, 3.8) is 0 Å². The Labute approximate surface area is 311 Å². The maximum atomic E-state index is 12.1. The van der Waals surface area contributed by atoms with Crippen LogP contribution in [-0.4, -0.2) is 123 Å². The molecule has 52 heavy (non-hydrogen) atoms. The van der Waals surface area contributed by atoms with Gasteiger partial charge in [0.2, 0.25) is 0 Å². The molecule has 0 N–H and O–H groups in total. The van der Waals surface area contributed by atoms with Gasteiger partial charge < -0.3 is 47.1 Å². The zero-order valence-electron chi connectivity index (χ0n) is 32.7. The molecule has 9 heterocycles. The van der Waals surface area contributed by atoms with Crippen LogP contribution >= 0.6 is 0 Å². The summed E-state index contributed by atoms with van der Waals surface area (Å²) in [6.07, 6.45) is 8.74. The van der Waals surface area contributed by atoms with Gasteiger partial charge in [-0.15, -0.1) is 0 Å². The number of rotatable bonds is 2. The molecule has 0 aromatic rings. The van der Waals surface area contributed by atoms with Gasteiger partial charge >= 0.3 is 5.97 Å². The van der Waals surface area contributed by atoms with Gasteiger partial charge in [-0.1, -0.05) is 20.8 Å². The minimum absolute atomic E-state index is 0.00262. The molecule has 18 atom stereocenters. The van der Waals surface area contributed by atoms with Crippen molar-refractivity contribution in [3.8, 4) is 0 Å². The fourth-order valence-corrected chi connectivity index (χ4v) is 12.3. The monoisotopic (exact) mass is 748 g/mol. The van der Waals surface area contributed by atoms with E-state index < -0.39 is 19.5 Å². The minimum Gasteiger partial charge on any atom is -0.459 e. The highest BCUT2D eigenvalue weighted by Crippen LogP contribution is 2.50. The van der Waals surface area contributed by atoms with E-state index >= 15 is 0 Å². The second-order valence-electron chi connectivity index (χ2n) is 19.8. The van der Waals surface area contributed by atoms with Crippen molar-refractivity contribution < 1.29 is 51.9 Å². The highest BCUT2D eigenvalue weighted by atomic mass is 28.4. The van der Waals surface area contributed by atoms with Gasteiger partial charge in [0.1, 0.15) is 11.7 Å². The third kappa shape index (κ3) is 6.58. The molecule has 9 aliphatic heterocycles. The van der Waals surface area contributed by atoms with E-state index in [1.165, 1.54) is 0 Å². The van der Waals surface area contributed by atoms with E-state index in [-0.39, 0.29) is 109 Å². The quantitative estimate of drug-likeness (QED) is 0.248. The lowest BCUT2D eigenvalue weighted by Gasteiger charge is -2.55. The van der Waals surface area contributed by atoms with Crippen LogP contribution in [0.2, 0.25) is 18.1 Å². The minimum atomic E-state index is -1.94. The van der Waals surface area contributed by atoms with Crippen LogP contribution in [0.15, 0.2) is 0 Å². The first-order valence-corrected chi connectivity index (χ1v) is 23.6. The van der Waals surface area contributed by atoms with Crippen molar-refractivity contribution in [1.29, 1.82) is 0 Å². The summed E-state index contributed by atoms with van der Waals surface area (Å²) in [7, 11) is -1.94. The molecule has 0 unspecified atom stereocenters. The largest absolute Gasteiger partial charge is 0.459 e. The van der Waals surface area contributed by atoms with Crippen LogP contribution in [-0.2, 0) is 51.9 Å². The van der Waals surface area contributed by atoms with Crippen molar-refractivity contribution in [2.75, 3.05) is 0 Å². The fourth-order valence-electron chi connectivity index (χ4n) is 10.9. The standard InChI is InChI=1S/C40H64O11Si/c1-21-24(51-52(7,8)38(2,3)4)15-26-25(42-21)18-33-23(43-26)10-12-36-40(6,50-33)20-34-31(47-36)17-28-29(46-34)16-27-30(45-28)19-32-22(44-27)9-11-35-39(5,49-32)14-13-37(41)48-35/h21-36H,9-20H2,1-8H3/t21-,22+,23+,24+,25+,26-,27-,28-,29+,30+,31+,32-,33-,34-,35-,36-,39+,40+/m1/s1. The SMILES string of the molecule is C[C@H]1O[C@H]2C[C@H]3O[C@@]4(C)C[C@H]5O[C@H]6C[C@H]7O[C@H]8CC[C@H]9OC(=O)CC[C@]9(C)O[C@@H]8C[C@@H]7O[C@@H]6C[C@@H]5O[C@@H]4CC[C@@H]3O[C@@H]2C[C@@H]1O[Si](C)(C)C(C)(C)C. The number of hydrogen-bond acceptors (Lipinski definition) is 11. The summed E-state index contributed by atoms with van der Waals surface area (Å²) in [5, 5.41) is 0.144. The Bertz CT molecular complexity index is 1360. The Morgan fingerprint density at radius 2 is 1.12 bits per heavy atom. The molecule has 0 spiro atoms. The lowest BCUT2D eigenvalue weighted by atomic mass is 9.80. The third-order valence-corrected chi connectivity index (χ3v) is 19.6. The van der Waals surface area contributed by atoms with Crippen molar-refractivity contribution in [3.05, 3.63) is 0 Å². The van der Waals surface area contributed by atoms with Gasteiger partial charge in [-0.2, -0.15) is 0 Å². The lowest BCUT2D eigenvalue weighted by Crippen LogP contribution is -2.65. The van der Waals surface area contributed by atoms with Crippen LogP contribution < -0.4 is 0 Å². The number of carbonyl (C=O) groups excluding carboxylic acids is 1. The first kappa shape index (κ1) is 36.9. The van der Waals surface area contributed by atoms with Gasteiger partial charge in [0.25, 0.3) is 0 Å². The van der Waals surface area contributed by atoms with E-state index in [9.17, 15) is 4.79 Å². The molecule has 0 aromatic heterocycles. The molecular formula is C40H64O11Si.